The van der Waals surface area contributed by atoms with E-state index >= 15 is 0 Å². The van der Waals surface area contributed by atoms with Crippen molar-refractivity contribution >= 4 is 23.5 Å². The number of piperidine rings is 1. The molecule has 0 aliphatic carbocycles. The first kappa shape index (κ1) is 20.7. The molecular weight excluding hydrogens is 365 g/mol. The fourth-order valence-corrected chi connectivity index (χ4v) is 2.88. The summed E-state index contributed by atoms with van der Waals surface area (Å²) in [5.41, 5.74) is -0.312. The van der Waals surface area contributed by atoms with E-state index in [-0.39, 0.29) is 11.7 Å². The van der Waals surface area contributed by atoms with E-state index < -0.39 is 23.9 Å². The molecular formula is C17H23F3N4O3. The number of nitrogens with one attached hydrogen (secondary N) is 2. The van der Waals surface area contributed by atoms with E-state index in [1.807, 2.05) is 0 Å². The summed E-state index contributed by atoms with van der Waals surface area (Å²) in [4.78, 5) is 26.9. The molecule has 7 nitrogen and oxygen atoms in total. The molecule has 10 heteroatoms. The third-order valence-corrected chi connectivity index (χ3v) is 4.32. The Balaban J connectivity index is 2.02. The number of carbonyl (C=O) groups excluding carboxylic acids is 2. The Morgan fingerprint density at radius 3 is 2.37 bits per heavy atom. The SMILES string of the molecule is COC(=O)N1CCC(NC(=O)Nc2cc(C(F)(F)F)ccc2N(C)C)CC1. The van der Waals surface area contributed by atoms with Gasteiger partial charge in [0.25, 0.3) is 0 Å². The van der Waals surface area contributed by atoms with Gasteiger partial charge in [-0.3, -0.25) is 0 Å². The minimum absolute atomic E-state index is 0.0688. The Labute approximate surface area is 155 Å². The Morgan fingerprint density at radius 1 is 1.22 bits per heavy atom. The Morgan fingerprint density at radius 2 is 1.85 bits per heavy atom. The van der Waals surface area contributed by atoms with E-state index in [2.05, 4.69) is 15.4 Å². The monoisotopic (exact) mass is 388 g/mol. The van der Waals surface area contributed by atoms with Gasteiger partial charge in [-0.1, -0.05) is 0 Å². The second-order valence-corrected chi connectivity index (χ2v) is 6.45. The topological polar surface area (TPSA) is 73.9 Å². The number of hydrogen-bond donors (Lipinski definition) is 2. The quantitative estimate of drug-likeness (QED) is 0.835. The third kappa shape index (κ3) is 5.41. The number of alkyl halides is 3. The van der Waals surface area contributed by atoms with Crippen LogP contribution in [0.25, 0.3) is 0 Å². The third-order valence-electron chi connectivity index (χ3n) is 4.32. The average molecular weight is 388 g/mol. The first-order valence-electron chi connectivity index (χ1n) is 8.40. The lowest BCUT2D eigenvalue weighted by atomic mass is 10.1. The fourth-order valence-electron chi connectivity index (χ4n) is 2.88. The Kier molecular flexibility index (Phi) is 6.40. The standard InChI is InChI=1S/C17H23F3N4O3/c1-23(2)14-5-4-11(17(18,19)20)10-13(14)22-15(25)21-12-6-8-24(9-7-12)16(26)27-3/h4-5,10,12H,6-9H2,1-3H3,(H2,21,22,25). The van der Waals surface area contributed by atoms with Crippen LogP contribution in [0.1, 0.15) is 18.4 Å². The van der Waals surface area contributed by atoms with Gasteiger partial charge in [0.1, 0.15) is 0 Å². The van der Waals surface area contributed by atoms with Gasteiger partial charge < -0.3 is 25.2 Å². The summed E-state index contributed by atoms with van der Waals surface area (Å²) in [6.45, 7) is 0.869. The number of rotatable bonds is 3. The number of nitrogens with zero attached hydrogens (tertiary/aromatic N) is 2. The number of amides is 3. The van der Waals surface area contributed by atoms with Gasteiger partial charge in [0.15, 0.2) is 0 Å². The molecule has 1 heterocycles. The molecule has 3 amide bonds. The summed E-state index contributed by atoms with van der Waals surface area (Å²) >= 11 is 0. The molecule has 2 N–H and O–H groups in total. The van der Waals surface area contributed by atoms with E-state index in [1.54, 1.807) is 19.0 Å². The van der Waals surface area contributed by atoms with E-state index in [4.69, 9.17) is 0 Å². The lowest BCUT2D eigenvalue weighted by Crippen LogP contribution is -2.47. The lowest BCUT2D eigenvalue weighted by molar-refractivity contribution is -0.137. The van der Waals surface area contributed by atoms with Crippen molar-refractivity contribution in [2.45, 2.75) is 25.1 Å². The number of methoxy groups -OCH3 is 1. The Bertz CT molecular complexity index is 686. The summed E-state index contributed by atoms with van der Waals surface area (Å²) in [5.74, 6) is 0. The summed E-state index contributed by atoms with van der Waals surface area (Å²) < 4.78 is 43.5. The van der Waals surface area contributed by atoms with Crippen molar-refractivity contribution in [1.82, 2.24) is 10.2 Å². The van der Waals surface area contributed by atoms with E-state index in [0.29, 0.717) is 31.6 Å². The molecule has 2 rings (SSSR count). The molecule has 0 atom stereocenters. The highest BCUT2D eigenvalue weighted by molar-refractivity contribution is 5.93. The largest absolute Gasteiger partial charge is 0.453 e. The molecule has 0 bridgehead atoms. The van der Waals surface area contributed by atoms with Crippen LogP contribution in [-0.2, 0) is 10.9 Å². The van der Waals surface area contributed by atoms with Crippen molar-refractivity contribution in [3.05, 3.63) is 23.8 Å². The summed E-state index contributed by atoms with van der Waals surface area (Å²) in [6.07, 6.45) is -3.85. The van der Waals surface area contributed by atoms with Gasteiger partial charge in [-0.2, -0.15) is 13.2 Å². The maximum Gasteiger partial charge on any atom is 0.416 e. The molecule has 1 aliphatic heterocycles. The van der Waals surface area contributed by atoms with Crippen molar-refractivity contribution in [2.75, 3.05) is 44.5 Å². The van der Waals surface area contributed by atoms with Crippen molar-refractivity contribution in [3.8, 4) is 0 Å². The van der Waals surface area contributed by atoms with Crippen molar-refractivity contribution in [2.24, 2.45) is 0 Å². The number of urea groups is 1. The second kappa shape index (κ2) is 8.36. The van der Waals surface area contributed by atoms with Crippen LogP contribution in [0.2, 0.25) is 0 Å². The molecule has 27 heavy (non-hydrogen) atoms. The zero-order chi connectivity index (χ0) is 20.2. The van der Waals surface area contributed by atoms with Gasteiger partial charge in [0.05, 0.1) is 24.0 Å². The average Bonchev–Trinajstić information content (AvgIpc) is 2.60. The highest BCUT2D eigenvalue weighted by Crippen LogP contribution is 2.34. The zero-order valence-corrected chi connectivity index (χ0v) is 15.4. The molecule has 0 saturated carbocycles. The molecule has 1 aromatic rings. The van der Waals surface area contributed by atoms with Crippen molar-refractivity contribution in [3.63, 3.8) is 0 Å². The van der Waals surface area contributed by atoms with Gasteiger partial charge in [0, 0.05) is 33.2 Å². The highest BCUT2D eigenvalue weighted by atomic mass is 19.4. The van der Waals surface area contributed by atoms with E-state index in [9.17, 15) is 22.8 Å². The highest BCUT2D eigenvalue weighted by Gasteiger charge is 2.31. The minimum Gasteiger partial charge on any atom is -0.453 e. The van der Waals surface area contributed by atoms with Crippen LogP contribution in [-0.4, -0.2) is 57.4 Å². The number of anilines is 2. The molecule has 1 saturated heterocycles. The smallest absolute Gasteiger partial charge is 0.416 e. The van der Waals surface area contributed by atoms with Gasteiger partial charge >= 0.3 is 18.3 Å². The van der Waals surface area contributed by atoms with Crippen molar-refractivity contribution in [1.29, 1.82) is 0 Å². The fraction of sp³-hybridized carbons (Fsp3) is 0.529. The normalized spacial score (nSPS) is 15.3. The van der Waals surface area contributed by atoms with Gasteiger partial charge in [-0.05, 0) is 31.0 Å². The van der Waals surface area contributed by atoms with Gasteiger partial charge in [0.2, 0.25) is 0 Å². The number of halogens is 3. The number of ether oxygens (including phenoxy) is 1. The first-order chi connectivity index (χ1) is 12.6. The zero-order valence-electron chi connectivity index (χ0n) is 15.4. The maximum atomic E-state index is 13.0. The molecule has 0 spiro atoms. The van der Waals surface area contributed by atoms with Crippen LogP contribution in [0, 0.1) is 0 Å². The number of benzene rings is 1. The maximum absolute atomic E-state index is 13.0. The molecule has 0 aromatic heterocycles. The Hall–Kier alpha value is -2.65. The van der Waals surface area contributed by atoms with E-state index in [1.165, 1.54) is 18.1 Å². The van der Waals surface area contributed by atoms with Gasteiger partial charge in [-0.15, -0.1) is 0 Å². The molecule has 0 unspecified atom stereocenters. The van der Waals surface area contributed by atoms with Crippen LogP contribution < -0.4 is 15.5 Å². The molecule has 1 fully saturated rings. The van der Waals surface area contributed by atoms with Gasteiger partial charge in [-0.25, -0.2) is 9.59 Å². The molecule has 0 radical (unpaired) electrons. The van der Waals surface area contributed by atoms with Crippen LogP contribution in [0.15, 0.2) is 18.2 Å². The first-order valence-corrected chi connectivity index (χ1v) is 8.40. The predicted octanol–water partition coefficient (Wildman–Crippen LogP) is 3.12. The number of hydrogen-bond acceptors (Lipinski definition) is 4. The molecule has 1 aromatic carbocycles. The second-order valence-electron chi connectivity index (χ2n) is 6.45. The number of carbonyl (C=O) groups is 2. The minimum atomic E-state index is -4.50. The molecule has 1 aliphatic rings. The van der Waals surface area contributed by atoms with Crippen LogP contribution in [0.3, 0.4) is 0 Å². The van der Waals surface area contributed by atoms with E-state index in [0.717, 1.165) is 12.1 Å². The number of likely N-dealkylation sites (tertiary alicyclic amines) is 1. The van der Waals surface area contributed by atoms with Crippen molar-refractivity contribution < 1.29 is 27.5 Å². The lowest BCUT2D eigenvalue weighted by Gasteiger charge is -2.31. The summed E-state index contributed by atoms with van der Waals surface area (Å²) in [6, 6.07) is 2.43. The molecule has 150 valence electrons. The summed E-state index contributed by atoms with van der Waals surface area (Å²) in [7, 11) is 4.65. The van der Waals surface area contributed by atoms with Crippen LogP contribution in [0.5, 0.6) is 0 Å². The summed E-state index contributed by atoms with van der Waals surface area (Å²) in [5, 5.41) is 5.24. The van der Waals surface area contributed by atoms with Crippen LogP contribution in [0.4, 0.5) is 34.1 Å². The van der Waals surface area contributed by atoms with Crippen LogP contribution >= 0.6 is 0 Å². The predicted molar refractivity (Wildman–Crippen MR) is 94.9 cm³/mol.